The maximum atomic E-state index is 13.9. The molecule has 28 heavy (non-hydrogen) atoms. The van der Waals surface area contributed by atoms with E-state index >= 15 is 0 Å². The predicted octanol–water partition coefficient (Wildman–Crippen LogP) is 3.93. The molecular weight excluding hydrogens is 364 g/mol. The molecule has 3 aliphatic rings. The van der Waals surface area contributed by atoms with E-state index in [9.17, 15) is 13.6 Å². The van der Waals surface area contributed by atoms with Gasteiger partial charge in [-0.15, -0.1) is 5.10 Å². The molecule has 2 aliphatic carbocycles. The highest BCUT2D eigenvalue weighted by atomic mass is 19.1. The molecule has 0 spiro atoms. The van der Waals surface area contributed by atoms with Crippen molar-refractivity contribution in [1.29, 1.82) is 0 Å². The van der Waals surface area contributed by atoms with Crippen molar-refractivity contribution in [2.75, 3.05) is 13.1 Å². The van der Waals surface area contributed by atoms with Crippen LogP contribution in [0.5, 0.6) is 11.6 Å². The lowest BCUT2D eigenvalue weighted by Gasteiger charge is -2.43. The number of para-hydroxylation sites is 1. The smallest absolute Gasteiger partial charge is 0.239 e. The third-order valence-electron chi connectivity index (χ3n) is 6.99. The van der Waals surface area contributed by atoms with Gasteiger partial charge in [-0.05, 0) is 48.3 Å². The Hall–Kier alpha value is -2.57. The van der Waals surface area contributed by atoms with Crippen LogP contribution in [-0.4, -0.2) is 34.1 Å². The number of hydrogen-bond acceptors (Lipinski definition) is 4. The topological polar surface area (TPSA) is 55.3 Å². The summed E-state index contributed by atoms with van der Waals surface area (Å²) in [6.45, 7) is 5.80. The van der Waals surface area contributed by atoms with E-state index in [4.69, 9.17) is 4.74 Å². The van der Waals surface area contributed by atoms with Gasteiger partial charge in [0, 0.05) is 19.2 Å². The molecule has 0 radical (unpaired) electrons. The van der Waals surface area contributed by atoms with Crippen molar-refractivity contribution >= 4 is 5.91 Å². The van der Waals surface area contributed by atoms with Crippen molar-refractivity contribution in [1.82, 2.24) is 15.1 Å². The Morgan fingerprint density at radius 2 is 1.93 bits per heavy atom. The molecule has 1 saturated heterocycles. The summed E-state index contributed by atoms with van der Waals surface area (Å²) in [6.07, 6.45) is 2.66. The van der Waals surface area contributed by atoms with Crippen LogP contribution in [0.15, 0.2) is 24.3 Å². The number of nitrogens with zero attached hydrogens (tertiary/aromatic N) is 3. The molecule has 0 unspecified atom stereocenters. The van der Waals surface area contributed by atoms with Gasteiger partial charge in [-0.25, -0.2) is 8.78 Å². The van der Waals surface area contributed by atoms with Crippen LogP contribution in [0.1, 0.15) is 50.3 Å². The number of benzene rings is 1. The monoisotopic (exact) mass is 385 g/mol. The quantitative estimate of drug-likeness (QED) is 0.803. The van der Waals surface area contributed by atoms with Crippen molar-refractivity contribution in [2.45, 2.75) is 44.4 Å². The first-order valence-corrected chi connectivity index (χ1v) is 9.65. The zero-order valence-corrected chi connectivity index (χ0v) is 15.8. The van der Waals surface area contributed by atoms with Gasteiger partial charge in [-0.3, -0.25) is 4.79 Å². The number of carbonyl (C=O) groups is 1. The summed E-state index contributed by atoms with van der Waals surface area (Å²) in [6, 6.07) is 5.24. The standard InChI is InChI=1S/C21H21F2N3O2/c1-20(2)13-7-8-21(20,19(27)26-9-4-10-26)18-12(13)11-16(24-25-18)28-17-14(22)5-3-6-15(17)23/h3,5-6,11,13H,4,7-10H2,1-2H3/t13-,21+/m0/s1. The van der Waals surface area contributed by atoms with E-state index in [0.717, 1.165) is 50.0 Å². The maximum absolute atomic E-state index is 13.9. The summed E-state index contributed by atoms with van der Waals surface area (Å²) in [7, 11) is 0. The normalized spacial score (nSPS) is 26.7. The predicted molar refractivity (Wildman–Crippen MR) is 97.1 cm³/mol. The molecule has 2 fully saturated rings. The minimum absolute atomic E-state index is 0.0395. The summed E-state index contributed by atoms with van der Waals surface area (Å²) < 4.78 is 33.2. The average molecular weight is 385 g/mol. The van der Waals surface area contributed by atoms with Crippen LogP contribution in [0.25, 0.3) is 0 Å². The molecule has 1 aliphatic heterocycles. The lowest BCUT2D eigenvalue weighted by Crippen LogP contribution is -2.55. The van der Waals surface area contributed by atoms with Gasteiger partial charge >= 0.3 is 0 Å². The summed E-state index contributed by atoms with van der Waals surface area (Å²) in [5, 5.41) is 8.43. The number of carbonyl (C=O) groups excluding carboxylic acids is 1. The SMILES string of the molecule is CC1(C)[C@H]2CC[C@]1(C(=O)N1CCC1)c1nnc(Oc3c(F)cccc3F)cc12. The van der Waals surface area contributed by atoms with Gasteiger partial charge in [0.2, 0.25) is 17.5 Å². The highest BCUT2D eigenvalue weighted by molar-refractivity contribution is 5.92. The Morgan fingerprint density at radius 1 is 1.21 bits per heavy atom. The second-order valence-electron chi connectivity index (χ2n) is 8.50. The van der Waals surface area contributed by atoms with Crippen LogP contribution < -0.4 is 4.74 Å². The molecule has 2 aromatic rings. The highest BCUT2D eigenvalue weighted by Crippen LogP contribution is 2.68. The fourth-order valence-electron chi connectivity index (χ4n) is 5.30. The fraction of sp³-hybridized carbons (Fsp3) is 0.476. The Labute approximate surface area is 161 Å². The highest BCUT2D eigenvalue weighted by Gasteiger charge is 2.68. The van der Waals surface area contributed by atoms with Crippen LogP contribution in [0.3, 0.4) is 0 Å². The van der Waals surface area contributed by atoms with E-state index < -0.39 is 22.8 Å². The Morgan fingerprint density at radius 3 is 2.57 bits per heavy atom. The number of fused-ring (bicyclic) bond motifs is 5. The number of aromatic nitrogens is 2. The third-order valence-corrected chi connectivity index (χ3v) is 6.99. The number of amides is 1. The van der Waals surface area contributed by atoms with Gasteiger partial charge < -0.3 is 9.64 Å². The molecule has 5 rings (SSSR count). The number of likely N-dealkylation sites (tertiary alicyclic amines) is 1. The zero-order valence-electron chi connectivity index (χ0n) is 15.8. The average Bonchev–Trinajstić information content (AvgIpc) is 2.98. The van der Waals surface area contributed by atoms with E-state index in [1.807, 2.05) is 4.90 Å². The van der Waals surface area contributed by atoms with Gasteiger partial charge in [0.1, 0.15) is 0 Å². The Balaban J connectivity index is 1.56. The maximum Gasteiger partial charge on any atom is 0.239 e. The molecule has 2 atom stereocenters. The van der Waals surface area contributed by atoms with E-state index in [1.54, 1.807) is 6.07 Å². The third kappa shape index (κ3) is 2.07. The minimum atomic E-state index is -0.798. The molecule has 2 bridgehead atoms. The van der Waals surface area contributed by atoms with Gasteiger partial charge in [0.05, 0.1) is 11.1 Å². The van der Waals surface area contributed by atoms with Crippen LogP contribution in [-0.2, 0) is 10.2 Å². The second kappa shape index (κ2) is 5.72. The number of ether oxygens (including phenoxy) is 1. The fourth-order valence-corrected chi connectivity index (χ4v) is 5.30. The first kappa shape index (κ1) is 17.5. The van der Waals surface area contributed by atoms with Crippen LogP contribution in [0.4, 0.5) is 8.78 Å². The van der Waals surface area contributed by atoms with Gasteiger partial charge in [0.25, 0.3) is 0 Å². The number of hydrogen-bond donors (Lipinski definition) is 0. The molecular formula is C21H21F2N3O2. The van der Waals surface area contributed by atoms with Gasteiger partial charge in [0.15, 0.2) is 11.6 Å². The van der Waals surface area contributed by atoms with E-state index in [-0.39, 0.29) is 23.1 Å². The van der Waals surface area contributed by atoms with Crippen molar-refractivity contribution in [3.63, 3.8) is 0 Å². The first-order valence-electron chi connectivity index (χ1n) is 9.65. The summed E-state index contributed by atoms with van der Waals surface area (Å²) in [5.74, 6) is -1.78. The number of halogens is 2. The molecule has 1 aromatic heterocycles. The second-order valence-corrected chi connectivity index (χ2v) is 8.50. The summed E-state index contributed by atoms with van der Waals surface area (Å²) >= 11 is 0. The summed E-state index contributed by atoms with van der Waals surface area (Å²) in [5.41, 5.74) is 0.639. The number of rotatable bonds is 3. The van der Waals surface area contributed by atoms with Gasteiger partial charge in [-0.1, -0.05) is 19.9 Å². The Kier molecular flexibility index (Phi) is 3.58. The largest absolute Gasteiger partial charge is 0.431 e. The van der Waals surface area contributed by atoms with Crippen molar-refractivity contribution in [3.8, 4) is 11.6 Å². The lowest BCUT2D eigenvalue weighted by molar-refractivity contribution is -0.144. The van der Waals surface area contributed by atoms with Crippen LogP contribution in [0.2, 0.25) is 0 Å². The van der Waals surface area contributed by atoms with Crippen molar-refractivity contribution in [3.05, 3.63) is 47.2 Å². The first-order chi connectivity index (χ1) is 13.4. The molecule has 146 valence electrons. The molecule has 1 saturated carbocycles. The minimum Gasteiger partial charge on any atom is -0.431 e. The molecule has 1 amide bonds. The van der Waals surface area contributed by atoms with Gasteiger partial charge in [-0.2, -0.15) is 5.10 Å². The van der Waals surface area contributed by atoms with E-state index in [0.29, 0.717) is 5.69 Å². The summed E-state index contributed by atoms with van der Waals surface area (Å²) in [4.78, 5) is 15.3. The van der Waals surface area contributed by atoms with Crippen molar-refractivity contribution in [2.24, 2.45) is 5.41 Å². The lowest BCUT2D eigenvalue weighted by atomic mass is 9.67. The molecule has 2 heterocycles. The van der Waals surface area contributed by atoms with E-state index in [2.05, 4.69) is 24.0 Å². The molecule has 5 nitrogen and oxygen atoms in total. The molecule has 1 aromatic carbocycles. The van der Waals surface area contributed by atoms with Crippen LogP contribution >= 0.6 is 0 Å². The molecule has 7 heteroatoms. The molecule has 0 N–H and O–H groups in total. The van der Waals surface area contributed by atoms with Crippen molar-refractivity contribution < 1.29 is 18.3 Å². The Bertz CT molecular complexity index is 969. The van der Waals surface area contributed by atoms with Crippen LogP contribution in [0, 0.1) is 17.0 Å². The van der Waals surface area contributed by atoms with E-state index in [1.165, 1.54) is 6.07 Å². The zero-order chi connectivity index (χ0) is 19.7.